The third-order valence-corrected chi connectivity index (χ3v) is 7.37. The molecule has 2 amide bonds. The number of piperidine rings is 1. The molecule has 1 aromatic carbocycles. The number of alkyl carbamates (subject to hydrolysis) is 1. The Morgan fingerprint density at radius 2 is 1.76 bits per heavy atom. The number of carbonyl (C=O) groups excluding carboxylic acids is 2. The second-order valence-corrected chi connectivity index (χ2v) is 13.7. The average molecular weight is 575 g/mol. The predicted octanol–water partition coefficient (Wildman–Crippen LogP) is 6.79. The molecule has 1 fully saturated rings. The van der Waals surface area contributed by atoms with Gasteiger partial charge in [-0.3, -0.25) is 9.52 Å². The SMILES string of the molecule is C=CCOc1cc(Cl)c(Cl)cc1C(NSC(C)(C)C)C1CCN(C(=O)C(C)NC(=O)OC(C)(C)C)CC1. The van der Waals surface area contributed by atoms with Crippen molar-refractivity contribution >= 4 is 47.2 Å². The van der Waals surface area contributed by atoms with Crippen molar-refractivity contribution in [2.45, 2.75) is 83.7 Å². The van der Waals surface area contributed by atoms with Crippen molar-refractivity contribution in [3.8, 4) is 5.75 Å². The number of ether oxygens (including phenoxy) is 2. The van der Waals surface area contributed by atoms with E-state index in [0.717, 1.165) is 18.4 Å². The van der Waals surface area contributed by atoms with Gasteiger partial charge >= 0.3 is 6.09 Å². The van der Waals surface area contributed by atoms with E-state index in [1.165, 1.54) is 0 Å². The minimum absolute atomic E-state index is 0.0178. The van der Waals surface area contributed by atoms with Crippen LogP contribution in [0.3, 0.4) is 0 Å². The number of nitrogens with zero attached hydrogens (tertiary/aromatic N) is 1. The van der Waals surface area contributed by atoms with Crippen LogP contribution in [0, 0.1) is 5.92 Å². The van der Waals surface area contributed by atoms with Crippen LogP contribution < -0.4 is 14.8 Å². The molecule has 2 rings (SSSR count). The number of carbonyl (C=O) groups is 2. The Morgan fingerprint density at radius 3 is 2.30 bits per heavy atom. The molecule has 0 aliphatic carbocycles. The summed E-state index contributed by atoms with van der Waals surface area (Å²) in [7, 11) is 0. The molecule has 208 valence electrons. The minimum atomic E-state index is -0.675. The maximum Gasteiger partial charge on any atom is 0.408 e. The van der Waals surface area contributed by atoms with Crippen LogP contribution in [-0.4, -0.2) is 53.0 Å². The van der Waals surface area contributed by atoms with Crippen molar-refractivity contribution in [2.24, 2.45) is 5.92 Å². The van der Waals surface area contributed by atoms with Crippen LogP contribution in [0.1, 0.15) is 72.9 Å². The molecule has 37 heavy (non-hydrogen) atoms. The van der Waals surface area contributed by atoms with Gasteiger partial charge < -0.3 is 19.7 Å². The van der Waals surface area contributed by atoms with Gasteiger partial charge in [0, 0.05) is 35.5 Å². The number of benzene rings is 1. The van der Waals surface area contributed by atoms with E-state index in [1.54, 1.807) is 56.7 Å². The molecule has 1 saturated heterocycles. The van der Waals surface area contributed by atoms with Gasteiger partial charge in [0.25, 0.3) is 0 Å². The van der Waals surface area contributed by atoms with Gasteiger partial charge in [0.05, 0.1) is 10.0 Å². The first-order valence-electron chi connectivity index (χ1n) is 12.6. The molecule has 0 spiro atoms. The summed E-state index contributed by atoms with van der Waals surface area (Å²) in [6, 6.07) is 2.87. The number of nitrogens with one attached hydrogen (secondary N) is 2. The lowest BCUT2D eigenvalue weighted by atomic mass is 9.85. The molecule has 2 N–H and O–H groups in total. The largest absolute Gasteiger partial charge is 0.489 e. The molecule has 0 saturated carbocycles. The van der Waals surface area contributed by atoms with Crippen LogP contribution in [0.2, 0.25) is 10.0 Å². The van der Waals surface area contributed by atoms with Gasteiger partial charge in [0.1, 0.15) is 24.0 Å². The maximum absolute atomic E-state index is 13.0. The molecule has 1 aliphatic heterocycles. The summed E-state index contributed by atoms with van der Waals surface area (Å²) < 4.78 is 14.9. The Bertz CT molecular complexity index is 954. The fraction of sp³-hybridized carbons (Fsp3) is 0.630. The number of halogens is 2. The van der Waals surface area contributed by atoms with Gasteiger partial charge in [0.2, 0.25) is 5.91 Å². The number of likely N-dealkylation sites (tertiary alicyclic amines) is 1. The van der Waals surface area contributed by atoms with Crippen molar-refractivity contribution in [1.29, 1.82) is 0 Å². The highest BCUT2D eigenvalue weighted by Crippen LogP contribution is 2.41. The quantitative estimate of drug-likeness (QED) is 0.250. The highest BCUT2D eigenvalue weighted by molar-refractivity contribution is 7.98. The van der Waals surface area contributed by atoms with E-state index in [-0.39, 0.29) is 22.6 Å². The predicted molar refractivity (Wildman–Crippen MR) is 154 cm³/mol. The Labute approximate surface area is 236 Å². The first-order valence-corrected chi connectivity index (χ1v) is 14.1. The standard InChI is InChI=1S/C27H41Cl2N3O4S/c1-9-14-35-22-16-21(29)20(28)15-19(22)23(31-37-27(6,7)8)18-10-12-32(13-11-18)24(33)17(2)30-25(34)36-26(3,4)5/h9,15-18,23,31H,1,10-14H2,2-8H3,(H,30,34). The number of amides is 2. The zero-order valence-electron chi connectivity index (χ0n) is 23.0. The first-order chi connectivity index (χ1) is 17.1. The molecule has 7 nitrogen and oxygen atoms in total. The molecular formula is C27H41Cl2N3O4S. The zero-order chi connectivity index (χ0) is 28.0. The Morgan fingerprint density at radius 1 is 1.16 bits per heavy atom. The molecule has 0 aromatic heterocycles. The maximum atomic E-state index is 13.0. The monoisotopic (exact) mass is 573 g/mol. The van der Waals surface area contributed by atoms with E-state index < -0.39 is 17.7 Å². The summed E-state index contributed by atoms with van der Waals surface area (Å²) in [5.74, 6) is 0.758. The lowest BCUT2D eigenvalue weighted by molar-refractivity contribution is -0.134. The van der Waals surface area contributed by atoms with E-state index in [9.17, 15) is 9.59 Å². The van der Waals surface area contributed by atoms with Gasteiger partial charge in [-0.25, -0.2) is 4.79 Å². The van der Waals surface area contributed by atoms with Crippen molar-refractivity contribution in [2.75, 3.05) is 19.7 Å². The van der Waals surface area contributed by atoms with E-state index in [1.807, 2.05) is 6.07 Å². The third-order valence-electron chi connectivity index (χ3n) is 5.66. The molecular weight excluding hydrogens is 533 g/mol. The molecule has 0 bridgehead atoms. The summed E-state index contributed by atoms with van der Waals surface area (Å²) >= 11 is 14.4. The number of rotatable bonds is 9. The Kier molecular flexibility index (Phi) is 11.5. The van der Waals surface area contributed by atoms with Crippen LogP contribution >= 0.6 is 35.1 Å². The minimum Gasteiger partial charge on any atom is -0.489 e. The van der Waals surface area contributed by atoms with E-state index in [0.29, 0.717) is 35.5 Å². The van der Waals surface area contributed by atoms with Crippen molar-refractivity contribution in [3.63, 3.8) is 0 Å². The Hall–Kier alpha value is -1.61. The summed E-state index contributed by atoms with van der Waals surface area (Å²) in [4.78, 5) is 26.9. The van der Waals surface area contributed by atoms with Gasteiger partial charge in [-0.1, -0.05) is 47.8 Å². The van der Waals surface area contributed by atoms with Crippen LogP contribution in [0.5, 0.6) is 5.75 Å². The fourth-order valence-electron chi connectivity index (χ4n) is 3.99. The number of hydrogen-bond acceptors (Lipinski definition) is 6. The fourth-order valence-corrected chi connectivity index (χ4v) is 5.11. The second-order valence-electron chi connectivity index (χ2n) is 11.2. The van der Waals surface area contributed by atoms with Crippen LogP contribution in [0.4, 0.5) is 4.79 Å². The summed E-state index contributed by atoms with van der Waals surface area (Å²) in [6.45, 7) is 18.7. The molecule has 1 heterocycles. The van der Waals surface area contributed by atoms with Crippen molar-refractivity contribution in [3.05, 3.63) is 40.4 Å². The normalized spacial score (nSPS) is 16.6. The third kappa shape index (κ3) is 10.2. The molecule has 10 heteroatoms. The molecule has 1 aliphatic rings. The lowest BCUT2D eigenvalue weighted by Gasteiger charge is -2.38. The van der Waals surface area contributed by atoms with E-state index in [2.05, 4.69) is 37.4 Å². The molecule has 2 atom stereocenters. The average Bonchev–Trinajstić information content (AvgIpc) is 2.78. The number of hydrogen-bond donors (Lipinski definition) is 2. The summed E-state index contributed by atoms with van der Waals surface area (Å²) in [6.07, 6.45) is 2.64. The Balaban J connectivity index is 2.17. The van der Waals surface area contributed by atoms with Crippen LogP contribution in [0.15, 0.2) is 24.8 Å². The van der Waals surface area contributed by atoms with Gasteiger partial charge in [0.15, 0.2) is 0 Å². The molecule has 1 aromatic rings. The van der Waals surface area contributed by atoms with Crippen LogP contribution in [0.25, 0.3) is 0 Å². The van der Waals surface area contributed by atoms with Crippen molar-refractivity contribution < 1.29 is 19.1 Å². The summed E-state index contributed by atoms with van der Waals surface area (Å²) in [5, 5.41) is 3.54. The van der Waals surface area contributed by atoms with E-state index >= 15 is 0 Å². The highest BCUT2D eigenvalue weighted by Gasteiger charge is 2.34. The second kappa shape index (κ2) is 13.5. The topological polar surface area (TPSA) is 79.9 Å². The van der Waals surface area contributed by atoms with E-state index in [4.69, 9.17) is 32.7 Å². The highest BCUT2D eigenvalue weighted by atomic mass is 35.5. The van der Waals surface area contributed by atoms with Gasteiger partial charge in [-0.15, -0.1) is 0 Å². The molecule has 2 unspecified atom stereocenters. The van der Waals surface area contributed by atoms with Crippen molar-refractivity contribution in [1.82, 2.24) is 14.9 Å². The van der Waals surface area contributed by atoms with Crippen LogP contribution in [-0.2, 0) is 9.53 Å². The zero-order valence-corrected chi connectivity index (χ0v) is 25.3. The summed E-state index contributed by atoms with van der Waals surface area (Å²) in [5.41, 5.74) is 0.301. The van der Waals surface area contributed by atoms with Gasteiger partial charge in [-0.05, 0) is 73.3 Å². The smallest absolute Gasteiger partial charge is 0.408 e. The van der Waals surface area contributed by atoms with Gasteiger partial charge in [-0.2, -0.15) is 0 Å². The lowest BCUT2D eigenvalue weighted by Crippen LogP contribution is -2.50. The first kappa shape index (κ1) is 31.6. The molecule has 0 radical (unpaired) electrons.